The number of rotatable bonds is 3. The Labute approximate surface area is 94.6 Å². The minimum atomic E-state index is -0.250. The number of aryl methyl sites for hydroxylation is 1. The maximum absolute atomic E-state index is 13.6. The molecule has 2 rings (SSSR count). The molecule has 0 bridgehead atoms. The Morgan fingerprint density at radius 2 is 2.19 bits per heavy atom. The highest BCUT2D eigenvalue weighted by Gasteiger charge is 2.39. The molecule has 86 valence electrons. The van der Waals surface area contributed by atoms with Gasteiger partial charge >= 0.3 is 0 Å². The average Bonchev–Trinajstić information content (AvgIpc) is 2.22. The summed E-state index contributed by atoms with van der Waals surface area (Å²) in [5, 5.41) is 0. The third kappa shape index (κ3) is 1.55. The highest BCUT2D eigenvalue weighted by atomic mass is 19.1. The van der Waals surface area contributed by atoms with E-state index in [4.69, 9.17) is 5.73 Å². The van der Waals surface area contributed by atoms with Crippen LogP contribution < -0.4 is 5.73 Å². The van der Waals surface area contributed by atoms with Crippen LogP contribution in [-0.2, 0) is 5.41 Å². The van der Waals surface area contributed by atoms with Crippen molar-refractivity contribution in [1.29, 1.82) is 0 Å². The number of nitrogens with two attached hydrogens (primary N) is 1. The first-order valence-corrected chi connectivity index (χ1v) is 5.59. The third-order valence-corrected chi connectivity index (χ3v) is 3.73. The second-order valence-corrected chi connectivity index (χ2v) is 4.64. The van der Waals surface area contributed by atoms with Crippen molar-refractivity contribution in [2.24, 2.45) is 5.73 Å². The lowest BCUT2D eigenvalue weighted by Gasteiger charge is -2.42. The summed E-state index contributed by atoms with van der Waals surface area (Å²) in [5.41, 5.74) is 7.50. The molecule has 3 heteroatoms. The summed E-state index contributed by atoms with van der Waals surface area (Å²) in [4.78, 5) is 11.0. The molecule has 0 aliphatic heterocycles. The summed E-state index contributed by atoms with van der Waals surface area (Å²) in [6, 6.07) is 3.11. The van der Waals surface area contributed by atoms with Gasteiger partial charge in [0.15, 0.2) is 0 Å². The second kappa shape index (κ2) is 3.98. The highest BCUT2D eigenvalue weighted by molar-refractivity contribution is 5.78. The molecule has 0 saturated heterocycles. The van der Waals surface area contributed by atoms with Crippen molar-refractivity contribution in [2.75, 3.05) is 6.54 Å². The van der Waals surface area contributed by atoms with E-state index in [2.05, 4.69) is 0 Å². The molecule has 2 nitrogen and oxygen atoms in total. The predicted octanol–water partition coefficient (Wildman–Crippen LogP) is 2.33. The largest absolute Gasteiger partial charge is 0.330 e. The molecule has 0 heterocycles. The molecular weight excluding hydrogens is 205 g/mol. The van der Waals surface area contributed by atoms with Crippen LogP contribution in [0, 0.1) is 12.7 Å². The Morgan fingerprint density at radius 1 is 1.50 bits per heavy atom. The number of carbonyl (C=O) groups is 1. The maximum Gasteiger partial charge on any atom is 0.150 e. The van der Waals surface area contributed by atoms with Gasteiger partial charge in [-0.2, -0.15) is 0 Å². The quantitative estimate of drug-likeness (QED) is 0.796. The summed E-state index contributed by atoms with van der Waals surface area (Å²) >= 11 is 0. The van der Waals surface area contributed by atoms with Gasteiger partial charge in [-0.15, -0.1) is 0 Å². The standard InChI is InChI=1S/C13H16FNO/c1-9-5-10(7-16)11(6-12(9)14)13(8-15)3-2-4-13/h5-7H,2-4,8,15H2,1H3. The average molecular weight is 221 g/mol. The molecule has 1 aromatic rings. The van der Waals surface area contributed by atoms with Gasteiger partial charge in [0.25, 0.3) is 0 Å². The minimum absolute atomic E-state index is 0.162. The maximum atomic E-state index is 13.6. The van der Waals surface area contributed by atoms with Gasteiger partial charge < -0.3 is 5.73 Å². The molecule has 1 aliphatic carbocycles. The second-order valence-electron chi connectivity index (χ2n) is 4.64. The van der Waals surface area contributed by atoms with Crippen molar-refractivity contribution in [2.45, 2.75) is 31.6 Å². The normalized spacial score (nSPS) is 17.9. The lowest BCUT2D eigenvalue weighted by Crippen LogP contribution is -2.42. The number of hydrogen-bond donors (Lipinski definition) is 1. The van der Waals surface area contributed by atoms with Crippen molar-refractivity contribution in [3.05, 3.63) is 34.6 Å². The lowest BCUT2D eigenvalue weighted by atomic mass is 9.63. The Bertz CT molecular complexity index is 419. The van der Waals surface area contributed by atoms with Crippen LogP contribution in [0.2, 0.25) is 0 Å². The van der Waals surface area contributed by atoms with Gasteiger partial charge in [0.2, 0.25) is 0 Å². The molecule has 0 unspecified atom stereocenters. The fraction of sp³-hybridized carbons (Fsp3) is 0.462. The van der Waals surface area contributed by atoms with Crippen LogP contribution >= 0.6 is 0 Å². The van der Waals surface area contributed by atoms with E-state index in [0.29, 0.717) is 17.7 Å². The van der Waals surface area contributed by atoms with E-state index in [0.717, 1.165) is 31.1 Å². The van der Waals surface area contributed by atoms with E-state index in [1.165, 1.54) is 6.07 Å². The Balaban J connectivity index is 2.54. The van der Waals surface area contributed by atoms with Crippen molar-refractivity contribution < 1.29 is 9.18 Å². The van der Waals surface area contributed by atoms with Gasteiger partial charge in [0.1, 0.15) is 12.1 Å². The summed E-state index contributed by atoms with van der Waals surface area (Å²) in [6.07, 6.45) is 3.81. The van der Waals surface area contributed by atoms with Crippen molar-refractivity contribution in [3.8, 4) is 0 Å². The zero-order valence-electron chi connectivity index (χ0n) is 9.42. The van der Waals surface area contributed by atoms with Crippen molar-refractivity contribution in [3.63, 3.8) is 0 Å². The molecule has 1 aromatic carbocycles. The Kier molecular flexibility index (Phi) is 2.80. The van der Waals surface area contributed by atoms with E-state index in [-0.39, 0.29) is 11.2 Å². The number of benzene rings is 1. The molecule has 0 radical (unpaired) electrons. The van der Waals surface area contributed by atoms with Gasteiger partial charge in [-0.3, -0.25) is 4.79 Å². The number of carbonyl (C=O) groups excluding carboxylic acids is 1. The van der Waals surface area contributed by atoms with Gasteiger partial charge in [-0.1, -0.05) is 6.42 Å². The van der Waals surface area contributed by atoms with Gasteiger partial charge in [-0.25, -0.2) is 4.39 Å². The minimum Gasteiger partial charge on any atom is -0.330 e. The summed E-state index contributed by atoms with van der Waals surface area (Å²) in [5.74, 6) is -0.250. The van der Waals surface area contributed by atoms with E-state index >= 15 is 0 Å². The van der Waals surface area contributed by atoms with Gasteiger partial charge in [0.05, 0.1) is 0 Å². The first kappa shape index (κ1) is 11.3. The van der Waals surface area contributed by atoms with Crippen LogP contribution in [0.25, 0.3) is 0 Å². The molecule has 16 heavy (non-hydrogen) atoms. The summed E-state index contributed by atoms with van der Waals surface area (Å²) < 4.78 is 13.6. The first-order chi connectivity index (χ1) is 7.63. The fourth-order valence-corrected chi connectivity index (χ4v) is 2.45. The molecule has 0 amide bonds. The van der Waals surface area contributed by atoms with Crippen LogP contribution in [-0.4, -0.2) is 12.8 Å². The number of hydrogen-bond acceptors (Lipinski definition) is 2. The monoisotopic (exact) mass is 221 g/mol. The molecule has 0 spiro atoms. The SMILES string of the molecule is Cc1cc(C=O)c(C2(CN)CCC2)cc1F. The first-order valence-electron chi connectivity index (χ1n) is 5.59. The molecule has 0 atom stereocenters. The van der Waals surface area contributed by atoms with Crippen LogP contribution in [0.15, 0.2) is 12.1 Å². The number of halogens is 1. The predicted molar refractivity (Wildman–Crippen MR) is 61.1 cm³/mol. The van der Waals surface area contributed by atoms with Crippen molar-refractivity contribution in [1.82, 2.24) is 0 Å². The van der Waals surface area contributed by atoms with E-state index in [9.17, 15) is 9.18 Å². The van der Waals surface area contributed by atoms with Crippen molar-refractivity contribution >= 4 is 6.29 Å². The molecule has 0 aromatic heterocycles. The highest BCUT2D eigenvalue weighted by Crippen LogP contribution is 2.44. The topological polar surface area (TPSA) is 43.1 Å². The molecule has 1 aliphatic rings. The van der Waals surface area contributed by atoms with Crippen LogP contribution in [0.4, 0.5) is 4.39 Å². The zero-order valence-corrected chi connectivity index (χ0v) is 9.42. The van der Waals surface area contributed by atoms with E-state index in [1.54, 1.807) is 13.0 Å². The zero-order chi connectivity index (χ0) is 11.8. The van der Waals surface area contributed by atoms with Crippen LogP contribution in [0.3, 0.4) is 0 Å². The van der Waals surface area contributed by atoms with Gasteiger partial charge in [0, 0.05) is 17.5 Å². The third-order valence-electron chi connectivity index (χ3n) is 3.73. The Hall–Kier alpha value is -1.22. The van der Waals surface area contributed by atoms with Gasteiger partial charge in [-0.05, 0) is 43.0 Å². The van der Waals surface area contributed by atoms with Crippen LogP contribution in [0.5, 0.6) is 0 Å². The molecule has 1 fully saturated rings. The Morgan fingerprint density at radius 3 is 2.62 bits per heavy atom. The smallest absolute Gasteiger partial charge is 0.150 e. The molecule has 2 N–H and O–H groups in total. The fourth-order valence-electron chi connectivity index (χ4n) is 2.45. The summed E-state index contributed by atoms with van der Waals surface area (Å²) in [6.45, 7) is 2.15. The van der Waals surface area contributed by atoms with Crippen LogP contribution in [0.1, 0.15) is 40.7 Å². The lowest BCUT2D eigenvalue weighted by molar-refractivity contribution is 0.111. The molecular formula is C13H16FNO. The number of aldehydes is 1. The van der Waals surface area contributed by atoms with E-state index < -0.39 is 0 Å². The summed E-state index contributed by atoms with van der Waals surface area (Å²) in [7, 11) is 0. The van der Waals surface area contributed by atoms with E-state index in [1.807, 2.05) is 0 Å². The molecule has 1 saturated carbocycles.